The fraction of sp³-hybridized carbons (Fsp3) is 0.769. The van der Waals surface area contributed by atoms with Gasteiger partial charge in [0.15, 0.2) is 0 Å². The van der Waals surface area contributed by atoms with Gasteiger partial charge in [0.1, 0.15) is 6.54 Å². The van der Waals surface area contributed by atoms with E-state index in [9.17, 15) is 0 Å². The number of rotatable bonds is 19. The van der Waals surface area contributed by atoms with Gasteiger partial charge in [-0.25, -0.2) is 0 Å². The molecule has 164 valence electrons. The molecular weight excluding hydrogens is 362 g/mol. The second-order valence-electron chi connectivity index (χ2n) is 8.67. The first kappa shape index (κ1) is 27.5. The standard InChI is InChI=1S/C26H47N.ClH/c1-3-4-5-6-7-8-9-10-11-12-13-14-15-16-17-21-24-27(2)25-26-22-19-18-20-23-26;/h18-20,22-23H,3-17,21,24-25H2,1-2H3;1H/p+1. The van der Waals surface area contributed by atoms with Gasteiger partial charge in [0.05, 0.1) is 13.6 Å². The molecule has 0 radical (unpaired) electrons. The van der Waals surface area contributed by atoms with Crippen LogP contribution in [0.2, 0.25) is 0 Å². The van der Waals surface area contributed by atoms with Gasteiger partial charge in [-0.1, -0.05) is 127 Å². The summed E-state index contributed by atoms with van der Waals surface area (Å²) in [4.78, 5) is 1.64. The van der Waals surface area contributed by atoms with E-state index < -0.39 is 0 Å². The first-order valence-electron chi connectivity index (χ1n) is 12.2. The molecule has 1 nitrogen and oxygen atoms in total. The third-order valence-corrected chi connectivity index (χ3v) is 5.81. The first-order valence-corrected chi connectivity index (χ1v) is 12.2. The Labute approximate surface area is 183 Å². The van der Waals surface area contributed by atoms with Gasteiger partial charge in [0.25, 0.3) is 0 Å². The number of benzene rings is 1. The normalized spacial score (nSPS) is 11.9. The Morgan fingerprint density at radius 3 is 1.39 bits per heavy atom. The Bertz CT molecular complexity index is 406. The zero-order valence-corrected chi connectivity index (χ0v) is 19.8. The van der Waals surface area contributed by atoms with Crippen molar-refractivity contribution in [1.29, 1.82) is 0 Å². The monoisotopic (exact) mass is 410 g/mol. The molecule has 1 N–H and O–H groups in total. The van der Waals surface area contributed by atoms with Crippen LogP contribution in [0.15, 0.2) is 30.3 Å². The molecule has 1 aromatic carbocycles. The van der Waals surface area contributed by atoms with E-state index >= 15 is 0 Å². The molecule has 1 rings (SSSR count). The van der Waals surface area contributed by atoms with Gasteiger partial charge >= 0.3 is 0 Å². The summed E-state index contributed by atoms with van der Waals surface area (Å²) in [5.74, 6) is 0. The third-order valence-electron chi connectivity index (χ3n) is 5.81. The fourth-order valence-electron chi connectivity index (χ4n) is 4.01. The molecule has 0 saturated heterocycles. The zero-order chi connectivity index (χ0) is 19.4. The number of nitrogens with one attached hydrogen (secondary N) is 1. The summed E-state index contributed by atoms with van der Waals surface area (Å²) in [5.41, 5.74) is 1.46. The summed E-state index contributed by atoms with van der Waals surface area (Å²) in [6.45, 7) is 4.78. The Morgan fingerprint density at radius 1 is 0.571 bits per heavy atom. The molecule has 1 aromatic rings. The van der Waals surface area contributed by atoms with Crippen molar-refractivity contribution in [2.45, 2.75) is 116 Å². The molecule has 0 aromatic heterocycles. The Morgan fingerprint density at radius 2 is 0.964 bits per heavy atom. The van der Waals surface area contributed by atoms with E-state index in [1.165, 1.54) is 121 Å². The second-order valence-corrected chi connectivity index (χ2v) is 8.67. The van der Waals surface area contributed by atoms with Crippen molar-refractivity contribution in [2.24, 2.45) is 0 Å². The van der Waals surface area contributed by atoms with Crippen LogP contribution in [0.4, 0.5) is 0 Å². The summed E-state index contributed by atoms with van der Waals surface area (Å²) < 4.78 is 0. The van der Waals surface area contributed by atoms with Crippen molar-refractivity contribution in [3.8, 4) is 0 Å². The highest BCUT2D eigenvalue weighted by Gasteiger charge is 2.02. The number of hydrogen-bond donors (Lipinski definition) is 1. The van der Waals surface area contributed by atoms with Crippen LogP contribution in [0.1, 0.15) is 115 Å². The second kappa shape index (κ2) is 21.2. The highest BCUT2D eigenvalue weighted by Crippen LogP contribution is 2.13. The van der Waals surface area contributed by atoms with E-state index in [1.54, 1.807) is 4.90 Å². The van der Waals surface area contributed by atoms with Crippen LogP contribution in [0.25, 0.3) is 0 Å². The molecule has 0 amide bonds. The van der Waals surface area contributed by atoms with E-state index in [4.69, 9.17) is 0 Å². The average Bonchev–Trinajstić information content (AvgIpc) is 2.68. The van der Waals surface area contributed by atoms with Gasteiger partial charge < -0.3 is 4.90 Å². The van der Waals surface area contributed by atoms with Crippen molar-refractivity contribution in [1.82, 2.24) is 0 Å². The lowest BCUT2D eigenvalue weighted by atomic mass is 10.0. The van der Waals surface area contributed by atoms with Gasteiger partial charge in [-0.05, 0) is 12.8 Å². The Balaban J connectivity index is 0.00000729. The van der Waals surface area contributed by atoms with E-state index in [1.807, 2.05) is 0 Å². The molecule has 0 aliphatic carbocycles. The summed E-state index contributed by atoms with van der Waals surface area (Å²) in [6, 6.07) is 10.9. The molecule has 1 unspecified atom stereocenters. The van der Waals surface area contributed by atoms with Gasteiger partial charge in [-0.15, -0.1) is 12.4 Å². The van der Waals surface area contributed by atoms with Crippen molar-refractivity contribution < 1.29 is 4.90 Å². The topological polar surface area (TPSA) is 4.44 Å². The summed E-state index contributed by atoms with van der Waals surface area (Å²) >= 11 is 0. The van der Waals surface area contributed by atoms with Crippen LogP contribution in [-0.4, -0.2) is 13.6 Å². The molecule has 0 bridgehead atoms. The fourth-order valence-corrected chi connectivity index (χ4v) is 4.01. The number of halogens is 1. The minimum absolute atomic E-state index is 0. The van der Waals surface area contributed by atoms with Crippen molar-refractivity contribution >= 4 is 12.4 Å². The maximum atomic E-state index is 2.33. The lowest BCUT2D eigenvalue weighted by molar-refractivity contribution is -0.894. The van der Waals surface area contributed by atoms with Crippen LogP contribution in [0.5, 0.6) is 0 Å². The van der Waals surface area contributed by atoms with E-state index in [-0.39, 0.29) is 12.4 Å². The molecule has 0 fully saturated rings. The summed E-state index contributed by atoms with van der Waals surface area (Å²) in [5, 5.41) is 0. The maximum Gasteiger partial charge on any atom is 0.103 e. The van der Waals surface area contributed by atoms with Crippen molar-refractivity contribution in [3.05, 3.63) is 35.9 Å². The Kier molecular flexibility index (Phi) is 20.8. The van der Waals surface area contributed by atoms with Gasteiger partial charge in [-0.3, -0.25) is 0 Å². The van der Waals surface area contributed by atoms with Crippen LogP contribution in [-0.2, 0) is 6.54 Å². The molecular formula is C26H49ClN+. The largest absolute Gasteiger partial charge is 0.334 e. The van der Waals surface area contributed by atoms with E-state index in [0.717, 1.165) is 0 Å². The summed E-state index contributed by atoms with van der Waals surface area (Å²) in [6.07, 6.45) is 23.2. The molecule has 0 aliphatic rings. The van der Waals surface area contributed by atoms with E-state index in [2.05, 4.69) is 44.3 Å². The molecule has 0 spiro atoms. The van der Waals surface area contributed by atoms with Crippen molar-refractivity contribution in [3.63, 3.8) is 0 Å². The van der Waals surface area contributed by atoms with Gasteiger partial charge in [0, 0.05) is 5.56 Å². The molecule has 28 heavy (non-hydrogen) atoms. The van der Waals surface area contributed by atoms with Crippen LogP contribution in [0, 0.1) is 0 Å². The predicted octanol–water partition coefficient (Wildman–Crippen LogP) is 7.38. The van der Waals surface area contributed by atoms with Crippen molar-refractivity contribution in [2.75, 3.05) is 13.6 Å². The highest BCUT2D eigenvalue weighted by molar-refractivity contribution is 5.85. The lowest BCUT2D eigenvalue weighted by Crippen LogP contribution is -3.07. The quantitative estimate of drug-likeness (QED) is 0.227. The molecule has 0 aliphatic heterocycles. The lowest BCUT2D eigenvalue weighted by Gasteiger charge is -2.13. The number of hydrogen-bond acceptors (Lipinski definition) is 0. The summed E-state index contributed by atoms with van der Waals surface area (Å²) in [7, 11) is 2.33. The Hall–Kier alpha value is -0.530. The van der Waals surface area contributed by atoms with E-state index in [0.29, 0.717) is 0 Å². The molecule has 0 heterocycles. The minimum Gasteiger partial charge on any atom is -0.334 e. The SMILES string of the molecule is CCCCCCCCCCCCCCCCCC[NH+](C)Cc1ccccc1.Cl. The maximum absolute atomic E-state index is 2.33. The molecule has 2 heteroatoms. The average molecular weight is 411 g/mol. The van der Waals surface area contributed by atoms with Gasteiger partial charge in [0.2, 0.25) is 0 Å². The number of quaternary nitrogens is 1. The zero-order valence-electron chi connectivity index (χ0n) is 19.0. The van der Waals surface area contributed by atoms with Crippen LogP contribution in [0.3, 0.4) is 0 Å². The number of unbranched alkanes of at least 4 members (excludes halogenated alkanes) is 15. The first-order chi connectivity index (χ1) is 13.3. The third kappa shape index (κ3) is 17.6. The predicted molar refractivity (Wildman–Crippen MR) is 129 cm³/mol. The molecule has 0 saturated carbocycles. The van der Waals surface area contributed by atoms with Crippen LogP contribution >= 0.6 is 12.4 Å². The van der Waals surface area contributed by atoms with Crippen LogP contribution < -0.4 is 4.90 Å². The highest BCUT2D eigenvalue weighted by atomic mass is 35.5. The van der Waals surface area contributed by atoms with Gasteiger partial charge in [-0.2, -0.15) is 0 Å². The smallest absolute Gasteiger partial charge is 0.103 e. The minimum atomic E-state index is 0. The molecule has 1 atom stereocenters.